The molecule has 5 nitrogen and oxygen atoms in total. The lowest BCUT2D eigenvalue weighted by atomic mass is 10.3. The van der Waals surface area contributed by atoms with Gasteiger partial charge in [-0.1, -0.05) is 13.3 Å². The molecule has 0 aliphatic rings. The van der Waals surface area contributed by atoms with E-state index in [2.05, 4.69) is 17.3 Å². The number of aryl methyl sites for hydroxylation is 1. The van der Waals surface area contributed by atoms with Gasteiger partial charge in [0, 0.05) is 45.1 Å². The summed E-state index contributed by atoms with van der Waals surface area (Å²) in [6.07, 6.45) is 4.47. The first-order chi connectivity index (χ1) is 8.74. The predicted octanol–water partition coefficient (Wildman–Crippen LogP) is 0.730. The van der Waals surface area contributed by atoms with Gasteiger partial charge in [0.15, 0.2) is 0 Å². The summed E-state index contributed by atoms with van der Waals surface area (Å²) < 4.78 is 7.22. The molecule has 1 atom stereocenters. The van der Waals surface area contributed by atoms with Gasteiger partial charge in [0.25, 0.3) is 0 Å². The second-order valence-electron chi connectivity index (χ2n) is 4.48. The molecule has 0 aliphatic carbocycles. The topological polar surface area (TPSA) is 59.3 Å². The molecule has 0 aliphatic heterocycles. The zero-order chi connectivity index (χ0) is 13.2. The van der Waals surface area contributed by atoms with Gasteiger partial charge in [-0.05, 0) is 12.5 Å². The zero-order valence-corrected chi connectivity index (χ0v) is 11.4. The fraction of sp³-hybridized carbons (Fsp3) is 0.769. The predicted molar refractivity (Wildman–Crippen MR) is 71.5 cm³/mol. The van der Waals surface area contributed by atoms with E-state index in [1.165, 1.54) is 5.69 Å². The van der Waals surface area contributed by atoms with Crippen molar-refractivity contribution in [1.82, 2.24) is 15.1 Å². The molecule has 0 saturated carbocycles. The van der Waals surface area contributed by atoms with Gasteiger partial charge in [0.2, 0.25) is 0 Å². The molecule has 0 spiro atoms. The summed E-state index contributed by atoms with van der Waals surface area (Å²) in [4.78, 5) is 0. The fourth-order valence-electron chi connectivity index (χ4n) is 1.66. The standard InChI is InChI=1S/C13H25N3O2/c1-3-4-9-18-11-13(17)10-14-7-5-12-6-8-15-16(12)2/h6,8,13-14,17H,3-5,7,9-11H2,1-2H3. The number of unbranched alkanes of at least 4 members (excludes halogenated alkanes) is 1. The Morgan fingerprint density at radius 2 is 2.39 bits per heavy atom. The monoisotopic (exact) mass is 255 g/mol. The molecule has 1 aromatic heterocycles. The fourth-order valence-corrected chi connectivity index (χ4v) is 1.66. The highest BCUT2D eigenvalue weighted by atomic mass is 16.5. The molecule has 1 unspecified atom stereocenters. The minimum atomic E-state index is -0.423. The maximum Gasteiger partial charge on any atom is 0.0897 e. The van der Waals surface area contributed by atoms with Crippen molar-refractivity contribution in [2.45, 2.75) is 32.3 Å². The van der Waals surface area contributed by atoms with Gasteiger partial charge >= 0.3 is 0 Å². The SMILES string of the molecule is CCCCOCC(O)CNCCc1ccnn1C. The van der Waals surface area contributed by atoms with Crippen LogP contribution in [0.4, 0.5) is 0 Å². The molecule has 1 rings (SSSR count). The third kappa shape index (κ3) is 6.14. The van der Waals surface area contributed by atoms with Crippen molar-refractivity contribution in [1.29, 1.82) is 0 Å². The van der Waals surface area contributed by atoms with E-state index in [1.54, 1.807) is 6.20 Å². The van der Waals surface area contributed by atoms with Crippen molar-refractivity contribution in [3.63, 3.8) is 0 Å². The van der Waals surface area contributed by atoms with Crippen LogP contribution in [0, 0.1) is 0 Å². The molecule has 1 aromatic rings. The number of aliphatic hydroxyl groups is 1. The van der Waals surface area contributed by atoms with Crippen molar-refractivity contribution in [2.24, 2.45) is 7.05 Å². The molecule has 104 valence electrons. The highest BCUT2D eigenvalue weighted by Crippen LogP contribution is 1.96. The number of rotatable bonds is 10. The lowest BCUT2D eigenvalue weighted by Crippen LogP contribution is -2.32. The van der Waals surface area contributed by atoms with Crippen LogP contribution in [0.25, 0.3) is 0 Å². The first-order valence-corrected chi connectivity index (χ1v) is 6.67. The van der Waals surface area contributed by atoms with Crippen LogP contribution in [-0.2, 0) is 18.2 Å². The van der Waals surface area contributed by atoms with E-state index in [0.717, 1.165) is 32.4 Å². The molecule has 0 amide bonds. The number of aromatic nitrogens is 2. The molecule has 0 saturated heterocycles. The third-order valence-corrected chi connectivity index (χ3v) is 2.81. The van der Waals surface area contributed by atoms with Crippen LogP contribution in [0.5, 0.6) is 0 Å². The van der Waals surface area contributed by atoms with Crippen LogP contribution >= 0.6 is 0 Å². The maximum atomic E-state index is 9.66. The lowest BCUT2D eigenvalue weighted by Gasteiger charge is -2.12. The normalized spacial score (nSPS) is 12.8. The number of hydrogen-bond donors (Lipinski definition) is 2. The average Bonchev–Trinajstić information content (AvgIpc) is 2.76. The molecular weight excluding hydrogens is 230 g/mol. The van der Waals surface area contributed by atoms with Gasteiger partial charge in [-0.3, -0.25) is 4.68 Å². The summed E-state index contributed by atoms with van der Waals surface area (Å²) in [5, 5.41) is 17.0. The summed E-state index contributed by atoms with van der Waals surface area (Å²) in [5.74, 6) is 0. The van der Waals surface area contributed by atoms with E-state index < -0.39 is 6.10 Å². The maximum absolute atomic E-state index is 9.66. The van der Waals surface area contributed by atoms with E-state index >= 15 is 0 Å². The van der Waals surface area contributed by atoms with Crippen LogP contribution in [0.15, 0.2) is 12.3 Å². The molecule has 0 fully saturated rings. The quantitative estimate of drug-likeness (QED) is 0.605. The minimum absolute atomic E-state index is 0.415. The summed E-state index contributed by atoms with van der Waals surface area (Å²) in [5.41, 5.74) is 1.19. The minimum Gasteiger partial charge on any atom is -0.389 e. The van der Waals surface area contributed by atoms with Gasteiger partial charge in [-0.2, -0.15) is 5.10 Å². The molecule has 0 aromatic carbocycles. The van der Waals surface area contributed by atoms with Crippen LogP contribution in [0.2, 0.25) is 0 Å². The highest BCUT2D eigenvalue weighted by Gasteiger charge is 2.04. The molecule has 5 heteroatoms. The van der Waals surface area contributed by atoms with E-state index in [0.29, 0.717) is 13.2 Å². The Hall–Kier alpha value is -0.910. The summed E-state index contributed by atoms with van der Waals surface area (Å²) >= 11 is 0. The van der Waals surface area contributed by atoms with Crippen molar-refractivity contribution >= 4 is 0 Å². The summed E-state index contributed by atoms with van der Waals surface area (Å²) in [6, 6.07) is 2.01. The van der Waals surface area contributed by atoms with Gasteiger partial charge < -0.3 is 15.2 Å². The molecule has 1 heterocycles. The van der Waals surface area contributed by atoms with Gasteiger partial charge in [-0.15, -0.1) is 0 Å². The van der Waals surface area contributed by atoms with Crippen LogP contribution in [0.1, 0.15) is 25.5 Å². The number of nitrogens with one attached hydrogen (secondary N) is 1. The average molecular weight is 255 g/mol. The van der Waals surface area contributed by atoms with Crippen LogP contribution in [-0.4, -0.2) is 47.3 Å². The second kappa shape index (κ2) is 9.08. The van der Waals surface area contributed by atoms with E-state index in [9.17, 15) is 5.11 Å². The Labute approximate surface area is 109 Å². The second-order valence-corrected chi connectivity index (χ2v) is 4.48. The largest absolute Gasteiger partial charge is 0.389 e. The molecule has 0 radical (unpaired) electrons. The first kappa shape index (κ1) is 15.1. The van der Waals surface area contributed by atoms with Crippen LogP contribution < -0.4 is 5.32 Å². The van der Waals surface area contributed by atoms with Crippen molar-refractivity contribution in [3.8, 4) is 0 Å². The van der Waals surface area contributed by atoms with Gasteiger partial charge in [-0.25, -0.2) is 0 Å². The first-order valence-electron chi connectivity index (χ1n) is 6.67. The summed E-state index contributed by atoms with van der Waals surface area (Å²) in [7, 11) is 1.94. The number of aliphatic hydroxyl groups excluding tert-OH is 1. The van der Waals surface area contributed by atoms with E-state index in [1.807, 2.05) is 17.8 Å². The van der Waals surface area contributed by atoms with Gasteiger partial charge in [0.05, 0.1) is 12.7 Å². The van der Waals surface area contributed by atoms with E-state index in [4.69, 9.17) is 4.74 Å². The van der Waals surface area contributed by atoms with Crippen molar-refractivity contribution < 1.29 is 9.84 Å². The smallest absolute Gasteiger partial charge is 0.0897 e. The van der Waals surface area contributed by atoms with E-state index in [-0.39, 0.29) is 0 Å². The van der Waals surface area contributed by atoms with Crippen molar-refractivity contribution in [2.75, 3.05) is 26.3 Å². The third-order valence-electron chi connectivity index (χ3n) is 2.81. The van der Waals surface area contributed by atoms with Gasteiger partial charge in [0.1, 0.15) is 0 Å². The Kier molecular flexibility index (Phi) is 7.64. The molecule has 2 N–H and O–H groups in total. The molecular formula is C13H25N3O2. The van der Waals surface area contributed by atoms with Crippen molar-refractivity contribution in [3.05, 3.63) is 18.0 Å². The zero-order valence-electron chi connectivity index (χ0n) is 11.4. The molecule has 0 bridgehead atoms. The Morgan fingerprint density at radius 3 is 3.06 bits per heavy atom. The van der Waals surface area contributed by atoms with Crippen LogP contribution in [0.3, 0.4) is 0 Å². The highest BCUT2D eigenvalue weighted by molar-refractivity contribution is 5.00. The lowest BCUT2D eigenvalue weighted by molar-refractivity contribution is 0.0360. The summed E-state index contributed by atoms with van der Waals surface area (Å²) in [6.45, 7) is 4.69. The number of ether oxygens (including phenoxy) is 1. The number of nitrogens with zero attached hydrogens (tertiary/aromatic N) is 2. The molecule has 18 heavy (non-hydrogen) atoms. The Bertz CT molecular complexity index is 315. The Morgan fingerprint density at radius 1 is 1.56 bits per heavy atom. The Balaban J connectivity index is 1.98. The number of hydrogen-bond acceptors (Lipinski definition) is 4.